The summed E-state index contributed by atoms with van der Waals surface area (Å²) in [6.07, 6.45) is 9.25. The molecule has 3 aromatic rings. The second-order valence-electron chi connectivity index (χ2n) is 7.32. The Hall–Kier alpha value is -3.16. The molecular weight excluding hydrogens is 342 g/mol. The summed E-state index contributed by atoms with van der Waals surface area (Å²) in [6.45, 7) is 4.38. The van der Waals surface area contributed by atoms with Crippen molar-refractivity contribution in [2.75, 3.05) is 11.1 Å². The molecule has 1 fully saturated rings. The molecule has 27 heavy (non-hydrogen) atoms. The topological polar surface area (TPSA) is 124 Å². The summed E-state index contributed by atoms with van der Waals surface area (Å²) in [6, 6.07) is 2.16. The SMILES string of the molecule is CC(C1CC1)[C@@H](C)Nc1c(C(N)=O)cnn2cc(-c3cnc(N)nc3)cc12. The van der Waals surface area contributed by atoms with Gasteiger partial charge in [-0.15, -0.1) is 0 Å². The number of hydrogen-bond donors (Lipinski definition) is 3. The minimum atomic E-state index is -0.502. The third-order valence-electron chi connectivity index (χ3n) is 5.43. The normalized spacial score (nSPS) is 16.2. The third kappa shape index (κ3) is 3.30. The van der Waals surface area contributed by atoms with Crippen LogP contribution < -0.4 is 16.8 Å². The Labute approximate surface area is 157 Å². The van der Waals surface area contributed by atoms with Crippen LogP contribution in [0.5, 0.6) is 0 Å². The Balaban J connectivity index is 1.77. The predicted molar refractivity (Wildman–Crippen MR) is 104 cm³/mol. The second-order valence-corrected chi connectivity index (χ2v) is 7.32. The van der Waals surface area contributed by atoms with Gasteiger partial charge in [0.2, 0.25) is 5.95 Å². The van der Waals surface area contributed by atoms with Gasteiger partial charge < -0.3 is 16.8 Å². The highest BCUT2D eigenvalue weighted by molar-refractivity contribution is 6.02. The van der Waals surface area contributed by atoms with Crippen molar-refractivity contribution in [3.63, 3.8) is 0 Å². The number of aromatic nitrogens is 4. The quantitative estimate of drug-likeness (QED) is 0.616. The Morgan fingerprint density at radius 3 is 2.56 bits per heavy atom. The summed E-state index contributed by atoms with van der Waals surface area (Å²) in [5, 5.41) is 7.85. The molecule has 2 atom stereocenters. The van der Waals surface area contributed by atoms with Crippen LogP contribution >= 0.6 is 0 Å². The van der Waals surface area contributed by atoms with Crippen molar-refractivity contribution in [2.45, 2.75) is 32.7 Å². The van der Waals surface area contributed by atoms with Crippen LogP contribution in [0.3, 0.4) is 0 Å². The Kier molecular flexibility index (Phi) is 4.18. The molecule has 0 aliphatic heterocycles. The molecule has 5 N–H and O–H groups in total. The fourth-order valence-corrected chi connectivity index (χ4v) is 3.43. The van der Waals surface area contributed by atoms with Crippen LogP contribution in [0.2, 0.25) is 0 Å². The van der Waals surface area contributed by atoms with E-state index in [1.165, 1.54) is 19.0 Å². The lowest BCUT2D eigenvalue weighted by Gasteiger charge is -2.23. The number of nitrogen functional groups attached to an aromatic ring is 1. The molecule has 1 aliphatic rings. The van der Waals surface area contributed by atoms with E-state index in [0.29, 0.717) is 17.2 Å². The number of anilines is 2. The fourth-order valence-electron chi connectivity index (χ4n) is 3.43. The first-order valence-electron chi connectivity index (χ1n) is 9.09. The molecule has 0 spiro atoms. The smallest absolute Gasteiger partial charge is 0.252 e. The lowest BCUT2D eigenvalue weighted by Crippen LogP contribution is -2.27. The number of fused-ring (bicyclic) bond motifs is 1. The van der Waals surface area contributed by atoms with Crippen molar-refractivity contribution in [3.05, 3.63) is 36.4 Å². The van der Waals surface area contributed by atoms with Crippen molar-refractivity contribution >= 4 is 23.1 Å². The average molecular weight is 365 g/mol. The first-order valence-corrected chi connectivity index (χ1v) is 9.09. The third-order valence-corrected chi connectivity index (χ3v) is 5.43. The van der Waals surface area contributed by atoms with Crippen LogP contribution in [0.4, 0.5) is 11.6 Å². The molecule has 8 nitrogen and oxygen atoms in total. The van der Waals surface area contributed by atoms with Crippen molar-refractivity contribution < 1.29 is 4.79 Å². The molecule has 0 radical (unpaired) electrons. The molecule has 1 aliphatic carbocycles. The van der Waals surface area contributed by atoms with Crippen molar-refractivity contribution in [1.82, 2.24) is 19.6 Å². The Morgan fingerprint density at radius 2 is 1.93 bits per heavy atom. The van der Waals surface area contributed by atoms with Crippen molar-refractivity contribution in [3.8, 4) is 11.1 Å². The molecule has 0 saturated heterocycles. The van der Waals surface area contributed by atoms with E-state index in [9.17, 15) is 4.79 Å². The Morgan fingerprint density at radius 1 is 1.22 bits per heavy atom. The number of primary amides is 1. The summed E-state index contributed by atoms with van der Waals surface area (Å²) in [5.41, 5.74) is 14.8. The molecule has 1 unspecified atom stereocenters. The number of carbonyl (C=O) groups is 1. The summed E-state index contributed by atoms with van der Waals surface area (Å²) < 4.78 is 1.73. The number of carbonyl (C=O) groups excluding carboxylic acids is 1. The van der Waals surface area contributed by atoms with E-state index in [-0.39, 0.29) is 12.0 Å². The van der Waals surface area contributed by atoms with Gasteiger partial charge in [0.05, 0.1) is 23.0 Å². The fraction of sp³-hybridized carbons (Fsp3) is 0.368. The lowest BCUT2D eigenvalue weighted by atomic mass is 9.97. The van der Waals surface area contributed by atoms with E-state index in [1.807, 2.05) is 12.3 Å². The van der Waals surface area contributed by atoms with Gasteiger partial charge in [0.25, 0.3) is 5.91 Å². The first-order chi connectivity index (χ1) is 12.9. The first kappa shape index (κ1) is 17.3. The van der Waals surface area contributed by atoms with Gasteiger partial charge in [-0.3, -0.25) is 4.79 Å². The highest BCUT2D eigenvalue weighted by Gasteiger charge is 2.32. The number of nitrogens with one attached hydrogen (secondary N) is 1. The maximum atomic E-state index is 12.0. The van der Waals surface area contributed by atoms with Gasteiger partial charge >= 0.3 is 0 Å². The summed E-state index contributed by atoms with van der Waals surface area (Å²) >= 11 is 0. The zero-order valence-electron chi connectivity index (χ0n) is 15.4. The second kappa shape index (κ2) is 6.53. The number of rotatable bonds is 6. The highest BCUT2D eigenvalue weighted by atomic mass is 16.1. The zero-order valence-corrected chi connectivity index (χ0v) is 15.4. The zero-order chi connectivity index (χ0) is 19.1. The van der Waals surface area contributed by atoms with Crippen LogP contribution in [0.25, 0.3) is 16.6 Å². The van der Waals surface area contributed by atoms with E-state index < -0.39 is 5.91 Å². The number of nitrogens with two attached hydrogens (primary N) is 2. The van der Waals surface area contributed by atoms with Gasteiger partial charge in [-0.2, -0.15) is 5.10 Å². The van der Waals surface area contributed by atoms with Crippen molar-refractivity contribution in [1.29, 1.82) is 0 Å². The van der Waals surface area contributed by atoms with E-state index in [2.05, 4.69) is 34.2 Å². The van der Waals surface area contributed by atoms with Crippen LogP contribution in [0, 0.1) is 11.8 Å². The molecule has 0 bridgehead atoms. The lowest BCUT2D eigenvalue weighted by molar-refractivity contribution is 0.100. The minimum absolute atomic E-state index is 0.208. The molecule has 3 aromatic heterocycles. The van der Waals surface area contributed by atoms with Gasteiger partial charge in [-0.1, -0.05) is 6.92 Å². The molecule has 1 amide bonds. The van der Waals surface area contributed by atoms with E-state index >= 15 is 0 Å². The van der Waals surface area contributed by atoms with Crippen molar-refractivity contribution in [2.24, 2.45) is 17.6 Å². The summed E-state index contributed by atoms with van der Waals surface area (Å²) in [7, 11) is 0. The molecule has 140 valence electrons. The van der Waals surface area contributed by atoms with Gasteiger partial charge in [0.1, 0.15) is 0 Å². The minimum Gasteiger partial charge on any atom is -0.380 e. The summed E-state index contributed by atoms with van der Waals surface area (Å²) in [5.74, 6) is 0.981. The number of hydrogen-bond acceptors (Lipinski definition) is 6. The van der Waals surface area contributed by atoms with Gasteiger partial charge in [0, 0.05) is 35.8 Å². The molecule has 1 saturated carbocycles. The van der Waals surface area contributed by atoms with Crippen LogP contribution in [0.15, 0.2) is 30.9 Å². The number of amides is 1. The van der Waals surface area contributed by atoms with E-state index in [1.54, 1.807) is 16.9 Å². The maximum Gasteiger partial charge on any atom is 0.252 e. The highest BCUT2D eigenvalue weighted by Crippen LogP contribution is 2.39. The summed E-state index contributed by atoms with van der Waals surface area (Å²) in [4.78, 5) is 20.1. The van der Waals surface area contributed by atoms with E-state index in [0.717, 1.165) is 22.6 Å². The van der Waals surface area contributed by atoms with Gasteiger partial charge in [0.15, 0.2) is 0 Å². The Bertz CT molecular complexity index is 991. The van der Waals surface area contributed by atoms with E-state index in [4.69, 9.17) is 11.5 Å². The largest absolute Gasteiger partial charge is 0.380 e. The predicted octanol–water partition coefficient (Wildman–Crippen LogP) is 2.32. The van der Waals surface area contributed by atoms with Gasteiger partial charge in [-0.05, 0) is 37.7 Å². The standard InChI is InChI=1S/C19H23N7O/c1-10(12-3-4-12)11(2)25-17-15(18(20)27)8-24-26-9-13(5-16(17)26)14-6-22-19(21)23-7-14/h5-12,25H,3-4H2,1-2H3,(H2,20,27)(H2,21,22,23)/t10?,11-/m1/s1. The molecule has 4 rings (SSSR count). The van der Waals surface area contributed by atoms with Crippen LogP contribution in [-0.2, 0) is 0 Å². The van der Waals surface area contributed by atoms with Crippen LogP contribution in [-0.4, -0.2) is 31.5 Å². The molecule has 0 aromatic carbocycles. The molecular formula is C19H23N7O. The average Bonchev–Trinajstić information content (AvgIpc) is 3.40. The number of nitrogens with zero attached hydrogens (tertiary/aromatic N) is 4. The molecule has 3 heterocycles. The molecule has 8 heteroatoms. The van der Waals surface area contributed by atoms with Crippen LogP contribution in [0.1, 0.15) is 37.0 Å². The maximum absolute atomic E-state index is 12.0. The monoisotopic (exact) mass is 365 g/mol. The van der Waals surface area contributed by atoms with Gasteiger partial charge in [-0.25, -0.2) is 14.5 Å².